The number of fused-ring (bicyclic) bond motifs is 1. The van der Waals surface area contributed by atoms with Crippen LogP contribution in [-0.2, 0) is 11.2 Å². The van der Waals surface area contributed by atoms with Crippen molar-refractivity contribution in [1.82, 2.24) is 5.32 Å². The van der Waals surface area contributed by atoms with E-state index in [0.717, 1.165) is 29.8 Å². The van der Waals surface area contributed by atoms with Gasteiger partial charge in [-0.15, -0.1) is 0 Å². The monoisotopic (exact) mass is 390 g/mol. The van der Waals surface area contributed by atoms with Crippen molar-refractivity contribution in [3.05, 3.63) is 65.9 Å². The molecule has 4 rings (SSSR count). The van der Waals surface area contributed by atoms with Crippen LogP contribution < -0.4 is 10.6 Å². The summed E-state index contributed by atoms with van der Waals surface area (Å²) in [6.45, 7) is 0.759. The Morgan fingerprint density at radius 1 is 1.00 bits per heavy atom. The Bertz CT molecular complexity index is 952. The highest BCUT2D eigenvalue weighted by molar-refractivity contribution is 6.04. The Morgan fingerprint density at radius 2 is 1.76 bits per heavy atom. The van der Waals surface area contributed by atoms with Crippen LogP contribution in [0.3, 0.4) is 0 Å². The van der Waals surface area contributed by atoms with Crippen molar-refractivity contribution in [1.29, 1.82) is 0 Å². The molecule has 5 nitrogen and oxygen atoms in total. The van der Waals surface area contributed by atoms with Gasteiger partial charge in [0, 0.05) is 17.6 Å². The van der Waals surface area contributed by atoms with Crippen LogP contribution >= 0.6 is 0 Å². The predicted octanol–water partition coefficient (Wildman–Crippen LogP) is 4.92. The lowest BCUT2D eigenvalue weighted by atomic mass is 10.0. The van der Waals surface area contributed by atoms with E-state index in [9.17, 15) is 9.59 Å². The number of carbonyl (C=O) groups excluding carboxylic acids is 2. The Labute approximate surface area is 170 Å². The lowest BCUT2D eigenvalue weighted by molar-refractivity contribution is -0.120. The fraction of sp³-hybridized carbons (Fsp3) is 0.333. The zero-order valence-corrected chi connectivity index (χ0v) is 16.4. The molecule has 2 amide bonds. The summed E-state index contributed by atoms with van der Waals surface area (Å²) in [5.41, 5.74) is 2.28. The SMILES string of the molecule is O=C(Cc1ccc(NC(=O)c2cc3ccccc3o2)cc1)NCCC1CCCC1. The molecule has 1 saturated carbocycles. The highest BCUT2D eigenvalue weighted by Gasteiger charge is 2.15. The summed E-state index contributed by atoms with van der Waals surface area (Å²) < 4.78 is 5.59. The van der Waals surface area contributed by atoms with Crippen LogP contribution in [0.25, 0.3) is 11.0 Å². The third-order valence-corrected chi connectivity index (χ3v) is 5.58. The summed E-state index contributed by atoms with van der Waals surface area (Å²) in [5, 5.41) is 6.75. The number of hydrogen-bond donors (Lipinski definition) is 2. The third-order valence-electron chi connectivity index (χ3n) is 5.58. The highest BCUT2D eigenvalue weighted by Crippen LogP contribution is 2.27. The second kappa shape index (κ2) is 8.95. The number of nitrogens with one attached hydrogen (secondary N) is 2. The number of hydrogen-bond acceptors (Lipinski definition) is 3. The molecule has 0 unspecified atom stereocenters. The van der Waals surface area contributed by atoms with Crippen molar-refractivity contribution >= 4 is 28.5 Å². The molecule has 5 heteroatoms. The predicted molar refractivity (Wildman–Crippen MR) is 114 cm³/mol. The molecule has 0 saturated heterocycles. The van der Waals surface area contributed by atoms with Crippen LogP contribution in [0.4, 0.5) is 5.69 Å². The molecule has 1 aliphatic rings. The first-order valence-electron chi connectivity index (χ1n) is 10.3. The molecule has 0 aliphatic heterocycles. The Balaban J connectivity index is 1.27. The Morgan fingerprint density at radius 3 is 2.52 bits per heavy atom. The van der Waals surface area contributed by atoms with Crippen LogP contribution in [0.2, 0.25) is 0 Å². The maximum absolute atomic E-state index is 12.4. The topological polar surface area (TPSA) is 71.3 Å². The van der Waals surface area contributed by atoms with Gasteiger partial charge in [0.15, 0.2) is 5.76 Å². The summed E-state index contributed by atoms with van der Waals surface area (Å²) in [6, 6.07) is 16.6. The molecule has 1 heterocycles. The van der Waals surface area contributed by atoms with Gasteiger partial charge in [0.2, 0.25) is 5.91 Å². The van der Waals surface area contributed by atoms with Gasteiger partial charge in [-0.3, -0.25) is 9.59 Å². The molecule has 0 atom stereocenters. The summed E-state index contributed by atoms with van der Waals surface area (Å²) in [7, 11) is 0. The van der Waals surface area contributed by atoms with Gasteiger partial charge in [0.1, 0.15) is 5.58 Å². The van der Waals surface area contributed by atoms with Gasteiger partial charge in [0.25, 0.3) is 5.91 Å². The van der Waals surface area contributed by atoms with Crippen LogP contribution in [0.1, 0.15) is 48.2 Å². The van der Waals surface area contributed by atoms with Crippen molar-refractivity contribution in [2.24, 2.45) is 5.92 Å². The maximum atomic E-state index is 12.4. The zero-order chi connectivity index (χ0) is 20.1. The van der Waals surface area contributed by atoms with E-state index in [0.29, 0.717) is 17.7 Å². The van der Waals surface area contributed by atoms with E-state index in [-0.39, 0.29) is 17.6 Å². The van der Waals surface area contributed by atoms with Gasteiger partial charge in [-0.25, -0.2) is 0 Å². The normalized spacial score (nSPS) is 14.2. The molecular formula is C24H26N2O3. The van der Waals surface area contributed by atoms with Gasteiger partial charge in [-0.05, 0) is 42.2 Å². The quantitative estimate of drug-likeness (QED) is 0.601. The van der Waals surface area contributed by atoms with E-state index in [1.165, 1.54) is 25.7 Å². The number of benzene rings is 2. The van der Waals surface area contributed by atoms with Crippen molar-refractivity contribution < 1.29 is 14.0 Å². The van der Waals surface area contributed by atoms with Crippen LogP contribution in [0, 0.1) is 5.92 Å². The van der Waals surface area contributed by atoms with Gasteiger partial charge in [0.05, 0.1) is 6.42 Å². The lowest BCUT2D eigenvalue weighted by Gasteiger charge is -2.10. The number of carbonyl (C=O) groups is 2. The molecule has 1 aliphatic carbocycles. The molecular weight excluding hydrogens is 364 g/mol. The fourth-order valence-corrected chi connectivity index (χ4v) is 3.96. The van der Waals surface area contributed by atoms with Crippen molar-refractivity contribution in [2.45, 2.75) is 38.5 Å². The molecule has 0 spiro atoms. The summed E-state index contributed by atoms with van der Waals surface area (Å²) >= 11 is 0. The maximum Gasteiger partial charge on any atom is 0.291 e. The average Bonchev–Trinajstić information content (AvgIpc) is 3.39. The second-order valence-corrected chi connectivity index (χ2v) is 7.77. The van der Waals surface area contributed by atoms with Crippen LogP contribution in [0.5, 0.6) is 0 Å². The van der Waals surface area contributed by atoms with E-state index in [2.05, 4.69) is 10.6 Å². The largest absolute Gasteiger partial charge is 0.451 e. The molecule has 0 bridgehead atoms. The fourth-order valence-electron chi connectivity index (χ4n) is 3.96. The van der Waals surface area contributed by atoms with Gasteiger partial charge in [-0.1, -0.05) is 56.0 Å². The molecule has 2 aromatic carbocycles. The first-order valence-corrected chi connectivity index (χ1v) is 10.3. The smallest absolute Gasteiger partial charge is 0.291 e. The van der Waals surface area contributed by atoms with E-state index in [1.807, 2.05) is 48.5 Å². The summed E-state index contributed by atoms with van der Waals surface area (Å²) in [6.07, 6.45) is 6.70. The number of anilines is 1. The molecule has 1 fully saturated rings. The van der Waals surface area contributed by atoms with E-state index in [1.54, 1.807) is 6.07 Å². The molecule has 0 radical (unpaired) electrons. The number of rotatable bonds is 7. The molecule has 2 N–H and O–H groups in total. The standard InChI is InChI=1S/C24H26N2O3/c27-23(25-14-13-17-5-1-2-6-17)15-18-9-11-20(12-10-18)26-24(28)22-16-19-7-3-4-8-21(19)29-22/h3-4,7-12,16-17H,1-2,5-6,13-15H2,(H,25,27)(H,26,28). The van der Waals surface area contributed by atoms with Gasteiger partial charge >= 0.3 is 0 Å². The molecule has 150 valence electrons. The summed E-state index contributed by atoms with van der Waals surface area (Å²) in [4.78, 5) is 24.5. The minimum Gasteiger partial charge on any atom is -0.451 e. The minimum absolute atomic E-state index is 0.0436. The first kappa shape index (κ1) is 19.2. The highest BCUT2D eigenvalue weighted by atomic mass is 16.3. The van der Waals surface area contributed by atoms with Gasteiger partial charge in [-0.2, -0.15) is 0 Å². The molecule has 3 aromatic rings. The average molecular weight is 390 g/mol. The van der Waals surface area contributed by atoms with Crippen molar-refractivity contribution in [3.63, 3.8) is 0 Å². The van der Waals surface area contributed by atoms with Crippen LogP contribution in [0.15, 0.2) is 59.0 Å². The Hall–Kier alpha value is -3.08. The zero-order valence-electron chi connectivity index (χ0n) is 16.4. The molecule has 1 aromatic heterocycles. The third kappa shape index (κ3) is 5.05. The number of para-hydroxylation sites is 1. The Kier molecular flexibility index (Phi) is 5.94. The van der Waals surface area contributed by atoms with E-state index < -0.39 is 0 Å². The molecule has 29 heavy (non-hydrogen) atoms. The van der Waals surface area contributed by atoms with E-state index in [4.69, 9.17) is 4.42 Å². The second-order valence-electron chi connectivity index (χ2n) is 7.77. The van der Waals surface area contributed by atoms with Crippen molar-refractivity contribution in [2.75, 3.05) is 11.9 Å². The van der Waals surface area contributed by atoms with E-state index >= 15 is 0 Å². The minimum atomic E-state index is -0.293. The number of furan rings is 1. The first-order chi connectivity index (χ1) is 14.2. The van der Waals surface area contributed by atoms with Crippen molar-refractivity contribution in [3.8, 4) is 0 Å². The summed E-state index contributed by atoms with van der Waals surface area (Å²) in [5.74, 6) is 0.808. The number of amides is 2. The lowest BCUT2D eigenvalue weighted by Crippen LogP contribution is -2.27. The van der Waals surface area contributed by atoms with Crippen LogP contribution in [-0.4, -0.2) is 18.4 Å². The van der Waals surface area contributed by atoms with Gasteiger partial charge < -0.3 is 15.1 Å².